The van der Waals surface area contributed by atoms with Crippen molar-refractivity contribution in [1.29, 1.82) is 0 Å². The van der Waals surface area contributed by atoms with Crippen molar-refractivity contribution in [3.63, 3.8) is 0 Å². The number of amides is 2. The monoisotopic (exact) mass is 473 g/mol. The van der Waals surface area contributed by atoms with Crippen LogP contribution in [-0.4, -0.2) is 70.0 Å². The van der Waals surface area contributed by atoms with Crippen molar-refractivity contribution in [3.05, 3.63) is 29.8 Å². The van der Waals surface area contributed by atoms with Gasteiger partial charge in [0.2, 0.25) is 11.8 Å². The normalized spacial score (nSPS) is 28.4. The molecule has 3 N–H and O–H groups in total. The first-order chi connectivity index (χ1) is 13.9. The fraction of sp³-hybridized carbons (Fsp3) is 0.550. The molecule has 2 amide bonds. The molecule has 0 radical (unpaired) electrons. The van der Waals surface area contributed by atoms with Crippen LogP contribution < -0.4 is 5.73 Å². The van der Waals surface area contributed by atoms with Gasteiger partial charge in [0.15, 0.2) is 0 Å². The van der Waals surface area contributed by atoms with Gasteiger partial charge in [0.05, 0.1) is 47.7 Å². The van der Waals surface area contributed by atoms with E-state index in [1.165, 1.54) is 12.1 Å². The third-order valence-electron chi connectivity index (χ3n) is 6.54. The molecule has 31 heavy (non-hydrogen) atoms. The largest absolute Gasteiger partial charge is 0.368 e. The van der Waals surface area contributed by atoms with Gasteiger partial charge in [0.1, 0.15) is 11.6 Å². The maximum absolute atomic E-state index is 13.4. The second kappa shape index (κ2) is 8.54. The predicted molar refractivity (Wildman–Crippen MR) is 116 cm³/mol. The van der Waals surface area contributed by atoms with E-state index in [-0.39, 0.29) is 55.1 Å². The predicted octanol–water partition coefficient (Wildman–Crippen LogP) is 1.47. The molecule has 2 aromatic rings. The average molecular weight is 474 g/mol. The first kappa shape index (κ1) is 23.7. The number of halogens is 3. The molecule has 1 aromatic carbocycles. The Morgan fingerprint density at radius 2 is 2.23 bits per heavy atom. The number of fused-ring (bicyclic) bond motifs is 2. The summed E-state index contributed by atoms with van der Waals surface area (Å²) in [5, 5.41) is 0. The molecule has 1 spiro atoms. The second-order valence-corrected chi connectivity index (χ2v) is 8.35. The van der Waals surface area contributed by atoms with Crippen molar-refractivity contribution in [2.45, 2.75) is 31.1 Å². The van der Waals surface area contributed by atoms with E-state index in [0.717, 1.165) is 12.8 Å². The van der Waals surface area contributed by atoms with Crippen LogP contribution in [0.4, 0.5) is 4.39 Å². The Morgan fingerprint density at radius 3 is 2.97 bits per heavy atom. The van der Waals surface area contributed by atoms with E-state index in [0.29, 0.717) is 36.5 Å². The number of hydrogen-bond donors (Lipinski definition) is 2. The van der Waals surface area contributed by atoms with Gasteiger partial charge in [-0.1, -0.05) is 0 Å². The fourth-order valence-corrected chi connectivity index (χ4v) is 5.33. The van der Waals surface area contributed by atoms with Crippen molar-refractivity contribution in [3.8, 4) is 0 Å². The number of carbonyl (C=O) groups is 2. The van der Waals surface area contributed by atoms with Crippen molar-refractivity contribution in [2.75, 3.05) is 26.7 Å². The summed E-state index contributed by atoms with van der Waals surface area (Å²) in [6, 6.07) is 4.33. The summed E-state index contributed by atoms with van der Waals surface area (Å²) in [7, 11) is 1.70. The quantitative estimate of drug-likeness (QED) is 0.683. The molecule has 2 bridgehead atoms. The zero-order chi connectivity index (χ0) is 20.3. The number of H-pyrrole nitrogens is 1. The SMILES string of the molecule is CN(Cc1nc2ccc(F)cc2[nH]1)C(=O)[C@H]1[C@@H]2CC[C@@]3(CN(CCN)C(=O)[C@@H]13)O2.Cl.Cl. The van der Waals surface area contributed by atoms with Gasteiger partial charge in [0.25, 0.3) is 0 Å². The molecule has 0 aliphatic carbocycles. The van der Waals surface area contributed by atoms with Crippen LogP contribution in [0.3, 0.4) is 0 Å². The Hall–Kier alpha value is -1.94. The van der Waals surface area contributed by atoms with E-state index in [1.807, 2.05) is 0 Å². The standard InChI is InChI=1S/C20H24FN5O3.2ClH/c1-25(9-15-23-12-3-2-11(21)8-13(12)24-15)18(27)16-14-4-5-20(29-14)10-26(7-6-22)19(28)17(16)20;;/h2-3,8,14,16-17H,4-7,9-10,22H2,1H3,(H,23,24);2*1H/t14-,16-,17+,20-;;/m0../s1. The molecule has 3 fully saturated rings. The summed E-state index contributed by atoms with van der Waals surface area (Å²) in [5.41, 5.74) is 6.33. The number of nitrogens with one attached hydrogen (secondary N) is 1. The highest BCUT2D eigenvalue weighted by molar-refractivity contribution is 5.92. The first-order valence-electron chi connectivity index (χ1n) is 9.98. The molecule has 0 saturated carbocycles. The Kier molecular flexibility index (Phi) is 6.53. The highest BCUT2D eigenvalue weighted by atomic mass is 35.5. The molecule has 170 valence electrons. The molecule has 8 nitrogen and oxygen atoms in total. The number of rotatable bonds is 5. The van der Waals surface area contributed by atoms with Gasteiger partial charge in [-0.25, -0.2) is 9.37 Å². The number of hydrogen-bond acceptors (Lipinski definition) is 5. The average Bonchev–Trinajstić information content (AvgIpc) is 3.41. The lowest BCUT2D eigenvalue weighted by Gasteiger charge is -2.29. The van der Waals surface area contributed by atoms with E-state index >= 15 is 0 Å². The highest BCUT2D eigenvalue weighted by Gasteiger charge is 2.68. The van der Waals surface area contributed by atoms with Crippen LogP contribution in [0.15, 0.2) is 18.2 Å². The first-order valence-corrected chi connectivity index (χ1v) is 9.98. The molecule has 11 heteroatoms. The lowest BCUT2D eigenvalue weighted by molar-refractivity contribution is -0.143. The summed E-state index contributed by atoms with van der Waals surface area (Å²) in [5.74, 6) is -0.829. The molecule has 4 heterocycles. The number of aromatic amines is 1. The van der Waals surface area contributed by atoms with Gasteiger partial charge >= 0.3 is 0 Å². The van der Waals surface area contributed by atoms with E-state index < -0.39 is 17.4 Å². The Morgan fingerprint density at radius 1 is 1.45 bits per heavy atom. The van der Waals surface area contributed by atoms with E-state index in [9.17, 15) is 14.0 Å². The van der Waals surface area contributed by atoms with Crippen molar-refractivity contribution >= 4 is 47.7 Å². The third kappa shape index (κ3) is 3.67. The Labute approximate surface area is 191 Å². The van der Waals surface area contributed by atoms with Gasteiger partial charge in [-0.2, -0.15) is 0 Å². The second-order valence-electron chi connectivity index (χ2n) is 8.35. The van der Waals surface area contributed by atoms with Crippen LogP contribution in [0.5, 0.6) is 0 Å². The van der Waals surface area contributed by atoms with Crippen LogP contribution in [0.2, 0.25) is 0 Å². The number of aromatic nitrogens is 2. The van der Waals surface area contributed by atoms with Crippen LogP contribution >= 0.6 is 24.8 Å². The summed E-state index contributed by atoms with van der Waals surface area (Å²) in [4.78, 5) is 37.1. The van der Waals surface area contributed by atoms with Gasteiger partial charge in [-0.3, -0.25) is 9.59 Å². The van der Waals surface area contributed by atoms with Crippen molar-refractivity contribution in [1.82, 2.24) is 19.8 Å². The van der Waals surface area contributed by atoms with Crippen LogP contribution in [0, 0.1) is 17.7 Å². The Balaban J connectivity index is 0.00000136. The molecule has 4 atom stereocenters. The minimum atomic E-state index is -0.547. The summed E-state index contributed by atoms with van der Waals surface area (Å²) in [6.07, 6.45) is 1.37. The van der Waals surface area contributed by atoms with Gasteiger partial charge < -0.3 is 25.3 Å². The molecule has 3 saturated heterocycles. The molecular formula is C20H26Cl2FN5O3. The number of benzene rings is 1. The topological polar surface area (TPSA) is 105 Å². The highest BCUT2D eigenvalue weighted by Crippen LogP contribution is 2.55. The van der Waals surface area contributed by atoms with Crippen LogP contribution in [-0.2, 0) is 20.9 Å². The summed E-state index contributed by atoms with van der Waals surface area (Å²) in [6.45, 7) is 1.64. The fourth-order valence-electron chi connectivity index (χ4n) is 5.33. The zero-order valence-corrected chi connectivity index (χ0v) is 18.7. The Bertz CT molecular complexity index is 1000. The molecular weight excluding hydrogens is 448 g/mol. The van der Waals surface area contributed by atoms with E-state index in [1.54, 1.807) is 22.9 Å². The molecule has 5 rings (SSSR count). The van der Waals surface area contributed by atoms with Crippen molar-refractivity contribution in [2.24, 2.45) is 17.6 Å². The van der Waals surface area contributed by atoms with Gasteiger partial charge in [-0.05, 0) is 31.0 Å². The number of likely N-dealkylation sites (tertiary alicyclic amines) is 1. The van der Waals surface area contributed by atoms with Gasteiger partial charge in [-0.15, -0.1) is 24.8 Å². The number of ether oxygens (including phenoxy) is 1. The molecule has 3 aliphatic heterocycles. The number of nitrogens with zero attached hydrogens (tertiary/aromatic N) is 3. The van der Waals surface area contributed by atoms with E-state index in [2.05, 4.69) is 9.97 Å². The lowest BCUT2D eigenvalue weighted by Crippen LogP contribution is -2.46. The van der Waals surface area contributed by atoms with Crippen LogP contribution in [0.1, 0.15) is 18.7 Å². The maximum Gasteiger partial charge on any atom is 0.229 e. The third-order valence-corrected chi connectivity index (χ3v) is 6.54. The molecule has 1 aromatic heterocycles. The number of imidazole rings is 1. The maximum atomic E-state index is 13.4. The minimum absolute atomic E-state index is 0. The minimum Gasteiger partial charge on any atom is -0.368 e. The van der Waals surface area contributed by atoms with Gasteiger partial charge in [0, 0.05) is 20.1 Å². The smallest absolute Gasteiger partial charge is 0.229 e. The number of carbonyl (C=O) groups excluding carboxylic acids is 2. The van der Waals surface area contributed by atoms with Crippen molar-refractivity contribution < 1.29 is 18.7 Å². The van der Waals surface area contributed by atoms with Crippen LogP contribution in [0.25, 0.3) is 11.0 Å². The molecule has 0 unspecified atom stereocenters. The van der Waals surface area contributed by atoms with E-state index in [4.69, 9.17) is 10.5 Å². The zero-order valence-electron chi connectivity index (χ0n) is 17.0. The summed E-state index contributed by atoms with van der Waals surface area (Å²) >= 11 is 0. The number of nitrogens with two attached hydrogens (primary N) is 1. The lowest BCUT2D eigenvalue weighted by atomic mass is 9.72. The molecule has 3 aliphatic rings. The summed E-state index contributed by atoms with van der Waals surface area (Å²) < 4.78 is 19.6.